The van der Waals surface area contributed by atoms with E-state index in [4.69, 9.17) is 19.2 Å². The van der Waals surface area contributed by atoms with Crippen LogP contribution < -0.4 is 41.1 Å². The smallest absolute Gasteiger partial charge is 0.410 e. The quantitative estimate of drug-likeness (QED) is 0.0507. The average molecular weight is 1020 g/mol. The molecule has 2 aliphatic carbocycles. The van der Waals surface area contributed by atoms with E-state index in [0.717, 1.165) is 66.8 Å². The molecule has 0 radical (unpaired) electrons. The molecule has 4 atom stereocenters. The van der Waals surface area contributed by atoms with Crippen LogP contribution in [0.15, 0.2) is 60.7 Å². The first-order chi connectivity index (χ1) is 35.4. The predicted molar refractivity (Wildman–Crippen MR) is 286 cm³/mol. The van der Waals surface area contributed by atoms with E-state index in [9.17, 15) is 29.7 Å². The lowest BCUT2D eigenvalue weighted by atomic mass is 9.91. The Balaban J connectivity index is 0.000000224. The number of anilines is 4. The van der Waals surface area contributed by atoms with E-state index in [0.29, 0.717) is 65.8 Å². The van der Waals surface area contributed by atoms with Gasteiger partial charge in [0.05, 0.1) is 18.2 Å². The van der Waals surface area contributed by atoms with E-state index in [2.05, 4.69) is 31.6 Å². The second kappa shape index (κ2) is 25.2. The summed E-state index contributed by atoms with van der Waals surface area (Å²) in [5.74, 6) is 3.14. The number of amides is 3. The van der Waals surface area contributed by atoms with Crippen LogP contribution in [0.4, 0.5) is 28.1 Å². The maximum atomic E-state index is 13.3. The van der Waals surface area contributed by atoms with Crippen LogP contribution in [0.1, 0.15) is 116 Å². The molecule has 2 saturated carbocycles. The average Bonchev–Trinajstić information content (AvgIpc) is 3.36. The van der Waals surface area contributed by atoms with Crippen LogP contribution in [-0.4, -0.2) is 144 Å². The van der Waals surface area contributed by atoms with Gasteiger partial charge in [-0.05, 0) is 157 Å². The van der Waals surface area contributed by atoms with Gasteiger partial charge in [-0.1, -0.05) is 12.1 Å². The number of methoxy groups -OCH3 is 1. The van der Waals surface area contributed by atoms with Gasteiger partial charge in [0.1, 0.15) is 40.4 Å². The number of phenolic OH excluding ortho intramolecular Hbond substituents is 1. The molecule has 2 aromatic carbocycles. The first-order valence-electron chi connectivity index (χ1n) is 26.1. The second-order valence-electron chi connectivity index (χ2n) is 20.8. The summed E-state index contributed by atoms with van der Waals surface area (Å²) in [6.07, 6.45) is 5.58. The molecule has 0 spiro atoms. The van der Waals surface area contributed by atoms with Crippen molar-refractivity contribution in [2.24, 2.45) is 0 Å². The molecule has 2 aromatic heterocycles. The molecule has 4 heterocycles. The van der Waals surface area contributed by atoms with Gasteiger partial charge in [0.2, 0.25) is 0 Å². The number of carbonyl (C=O) groups is 3. The fourth-order valence-electron chi connectivity index (χ4n) is 9.02. The van der Waals surface area contributed by atoms with Gasteiger partial charge in [0.25, 0.3) is 11.8 Å². The molecule has 19 heteroatoms. The molecule has 0 bridgehead atoms. The summed E-state index contributed by atoms with van der Waals surface area (Å²) in [4.78, 5) is 54.4. The van der Waals surface area contributed by atoms with E-state index in [1.165, 1.54) is 17.7 Å². The molecule has 74 heavy (non-hydrogen) atoms. The largest absolute Gasteiger partial charge is 0.508 e. The maximum absolute atomic E-state index is 13.3. The number of carbonyl (C=O) groups excluding carboxylic acids is 3. The zero-order valence-corrected chi connectivity index (χ0v) is 44.4. The van der Waals surface area contributed by atoms with Crippen molar-refractivity contribution in [1.29, 1.82) is 0 Å². The first-order valence-corrected chi connectivity index (χ1v) is 26.1. The number of aromatic hydroxyl groups is 1. The number of phenols is 1. The highest BCUT2D eigenvalue weighted by Gasteiger charge is 2.37. The number of fused-ring (bicyclic) bond motifs is 2. The summed E-state index contributed by atoms with van der Waals surface area (Å²) in [7, 11) is 5.43. The van der Waals surface area contributed by atoms with Crippen LogP contribution in [0.2, 0.25) is 0 Å². The number of pyridine rings is 2. The molecule has 0 saturated heterocycles. The number of nitrogens with zero attached hydrogens (tertiary/aromatic N) is 5. The minimum Gasteiger partial charge on any atom is -0.508 e. The first kappa shape index (κ1) is 55.3. The number of nitrogens with one attached hydrogen (secondary N) is 5. The SMILES string of the molecule is CCN(C)c1cc(C(=O)NC[C@@H](O)[C@@H]2Cc3ccc(O)cc3CN2)cc(NC2CCC2)n1.CCN(C)c1cc(C(=O)NC[C@@H](O)[C@@H]2Cc3ccc(OCOC)cc3CN2C(=O)OC(C)(C)C)cc(NC2CCC2)n1. The van der Waals surface area contributed by atoms with Crippen molar-refractivity contribution in [1.82, 2.24) is 30.8 Å². The normalized spacial score (nSPS) is 18.1. The summed E-state index contributed by atoms with van der Waals surface area (Å²) in [6.45, 7) is 12.0. The second-order valence-corrected chi connectivity index (χ2v) is 20.8. The van der Waals surface area contributed by atoms with Crippen molar-refractivity contribution in [3.63, 3.8) is 0 Å². The molecular formula is C55H78N10O9. The molecule has 4 aromatic rings. The number of hydrogen-bond donors (Lipinski definition) is 8. The van der Waals surface area contributed by atoms with E-state index in [1.807, 2.05) is 62.0 Å². The van der Waals surface area contributed by atoms with Crippen molar-refractivity contribution in [2.75, 3.05) is 74.6 Å². The van der Waals surface area contributed by atoms with Crippen molar-refractivity contribution in [3.8, 4) is 11.5 Å². The van der Waals surface area contributed by atoms with Crippen molar-refractivity contribution in [2.45, 2.75) is 141 Å². The maximum Gasteiger partial charge on any atom is 0.410 e. The van der Waals surface area contributed by atoms with Gasteiger partial charge in [-0.15, -0.1) is 0 Å². The van der Waals surface area contributed by atoms with Gasteiger partial charge in [-0.3, -0.25) is 14.5 Å². The minimum atomic E-state index is -1.04. The molecule has 3 amide bonds. The number of hydrogen-bond acceptors (Lipinski definition) is 16. The van der Waals surface area contributed by atoms with Crippen LogP contribution in [0, 0.1) is 0 Å². The highest BCUT2D eigenvalue weighted by atomic mass is 16.7. The third kappa shape index (κ3) is 14.9. The number of aliphatic hydroxyl groups is 2. The lowest BCUT2D eigenvalue weighted by Crippen LogP contribution is -2.54. The van der Waals surface area contributed by atoms with Gasteiger partial charge in [0.15, 0.2) is 6.79 Å². The fourth-order valence-corrected chi connectivity index (χ4v) is 9.02. The predicted octanol–water partition coefficient (Wildman–Crippen LogP) is 5.95. The van der Waals surface area contributed by atoms with Gasteiger partial charge in [-0.2, -0.15) is 0 Å². The molecule has 2 fully saturated rings. The number of rotatable bonds is 19. The number of aliphatic hydroxyl groups excluding tert-OH is 2. The third-order valence-corrected chi connectivity index (χ3v) is 14.1. The highest BCUT2D eigenvalue weighted by molar-refractivity contribution is 5.96. The summed E-state index contributed by atoms with van der Waals surface area (Å²) < 4.78 is 16.3. The number of benzene rings is 2. The third-order valence-electron chi connectivity index (χ3n) is 14.1. The number of ether oxygens (including phenoxy) is 3. The summed E-state index contributed by atoms with van der Waals surface area (Å²) in [5, 5.41) is 47.6. The van der Waals surface area contributed by atoms with Crippen LogP contribution in [0.3, 0.4) is 0 Å². The lowest BCUT2D eigenvalue weighted by molar-refractivity contribution is -0.0114. The molecule has 4 aliphatic rings. The van der Waals surface area contributed by atoms with Gasteiger partial charge in [0, 0.05) is 89.7 Å². The van der Waals surface area contributed by atoms with Gasteiger partial charge < -0.3 is 65.9 Å². The minimum absolute atomic E-state index is 0.0418. The fraction of sp³-hybridized carbons (Fsp3) is 0.545. The Hall–Kier alpha value is -6.41. The Morgan fingerprint density at radius 1 is 0.757 bits per heavy atom. The van der Waals surface area contributed by atoms with Gasteiger partial charge in [-0.25, -0.2) is 14.8 Å². The molecule has 19 nitrogen and oxygen atoms in total. The summed E-state index contributed by atoms with van der Waals surface area (Å²) in [5.41, 5.74) is 4.30. The molecule has 2 aliphatic heterocycles. The lowest BCUT2D eigenvalue weighted by Gasteiger charge is -2.40. The summed E-state index contributed by atoms with van der Waals surface area (Å²) in [6, 6.07) is 18.1. The van der Waals surface area contributed by atoms with E-state index in [1.54, 1.807) is 64.3 Å². The Kier molecular flexibility index (Phi) is 18.9. The van der Waals surface area contributed by atoms with Crippen molar-refractivity contribution in [3.05, 3.63) is 94.0 Å². The Bertz CT molecular complexity index is 2550. The molecule has 402 valence electrons. The Morgan fingerprint density at radius 3 is 1.84 bits per heavy atom. The van der Waals surface area contributed by atoms with E-state index < -0.39 is 29.9 Å². The molecule has 0 unspecified atom stereocenters. The zero-order chi connectivity index (χ0) is 53.1. The van der Waals surface area contributed by atoms with Crippen LogP contribution in [0.5, 0.6) is 11.5 Å². The Labute approximate surface area is 435 Å². The van der Waals surface area contributed by atoms with Gasteiger partial charge >= 0.3 is 6.09 Å². The molecule has 8 rings (SSSR count). The monoisotopic (exact) mass is 1020 g/mol. The van der Waals surface area contributed by atoms with Crippen LogP contribution in [0.25, 0.3) is 0 Å². The van der Waals surface area contributed by atoms with E-state index in [-0.39, 0.29) is 50.0 Å². The standard InChI is InChI=1S/C31H45N5O6.C24H33N5O3/c1-7-35(5)28-16-21(15-27(34-28)33-23-9-8-10-23)29(38)32-17-26(37)25-14-20-11-12-24(41-19-40-6)13-22(20)18-36(25)30(39)42-31(2,3)4;1-3-29(2)23-12-16(11-22(28-23)27-18-5-4-6-18)24(32)26-14-21(31)20-10-15-7-8-19(30)9-17(15)13-25-20/h11-13,15-16,23,25-26,37H,7-10,14,17-19H2,1-6H3,(H,32,38)(H,33,34);7-9,11-12,18,20-21,25,30-31H,3-6,10,13-14H2,1-2H3,(H,26,32)(H,27,28)/t25-,26+;20-,21+/m00/s1. The van der Waals surface area contributed by atoms with Crippen molar-refractivity contribution >= 4 is 41.2 Å². The van der Waals surface area contributed by atoms with Crippen LogP contribution >= 0.6 is 0 Å². The highest BCUT2D eigenvalue weighted by Crippen LogP contribution is 2.31. The number of aromatic nitrogens is 2. The molecular weight excluding hydrogens is 945 g/mol. The topological polar surface area (TPSA) is 235 Å². The van der Waals surface area contributed by atoms with Crippen molar-refractivity contribution < 1.29 is 43.9 Å². The molecule has 8 N–H and O–H groups in total. The van der Waals surface area contributed by atoms with E-state index >= 15 is 0 Å². The summed E-state index contributed by atoms with van der Waals surface area (Å²) >= 11 is 0. The zero-order valence-electron chi connectivity index (χ0n) is 44.4. The van der Waals surface area contributed by atoms with Crippen LogP contribution in [-0.2, 0) is 35.4 Å². The Morgan fingerprint density at radius 2 is 1.31 bits per heavy atom.